The molecule has 47 heteroatoms. The number of hydrogen-bond acceptors (Lipinski definition) is 32. The van der Waals surface area contributed by atoms with Crippen molar-refractivity contribution in [3.05, 3.63) is 332 Å². The molecule has 0 amide bonds. The quantitative estimate of drug-likeness (QED) is 0.0349. The molecule has 0 saturated heterocycles. The summed E-state index contributed by atoms with van der Waals surface area (Å²) in [4.78, 5) is 109. The molecule has 16 heterocycles. The zero-order valence-corrected chi connectivity index (χ0v) is 79.0. The lowest BCUT2D eigenvalue weighted by Gasteiger charge is -2.14. The summed E-state index contributed by atoms with van der Waals surface area (Å²) < 4.78 is 112. The molecule has 0 aliphatic heterocycles. The number of aliphatic hydroxyl groups excluding tert-OH is 1. The normalized spacial score (nSPS) is 11.7. The molecule has 0 radical (unpaired) electrons. The maximum Gasteiger partial charge on any atom is 0.267 e. The van der Waals surface area contributed by atoms with Crippen molar-refractivity contribution in [2.24, 2.45) is 0 Å². The van der Waals surface area contributed by atoms with Crippen LogP contribution in [0, 0.1) is 80.3 Å². The average Bonchev–Trinajstić information content (AvgIpc) is 1.63. The van der Waals surface area contributed by atoms with E-state index in [1.54, 1.807) is 51.1 Å². The SMILES string of the molecule is Cc1csc2nc(Cn3nc(-c4cc(O)cc(F)c4)c4c(N)ncnc43)n(-c3ccccc3F)c(=O)c12.Cc1csc2nc(Cn3nc(-c4ccc(F)c(O)c4)c4c(N)ncnc43)n(-c3ccccc3F)c(=O)c12.Cc1csc2nc(Cn3nc(-c4ccc(O)c(F)c4)c4c(N)ncnc43)n(-c3ccccc3F)c(=O)c12.Cc1csc2nc(Cn3nc(C#C[C@@H](C)O)c4c(N)ncnc43)n(-c3ccccc3F)c(=O)c12. The molecule has 0 saturated carbocycles. The highest BCUT2D eigenvalue weighted by Gasteiger charge is 2.30. The summed E-state index contributed by atoms with van der Waals surface area (Å²) in [6.45, 7) is 8.50. The van der Waals surface area contributed by atoms with Gasteiger partial charge in [0.25, 0.3) is 22.2 Å². The van der Waals surface area contributed by atoms with Crippen molar-refractivity contribution in [2.45, 2.75) is 66.9 Å². The zero-order valence-electron chi connectivity index (χ0n) is 75.7. The van der Waals surface area contributed by atoms with Crippen LogP contribution in [0.5, 0.6) is 17.2 Å². The van der Waals surface area contributed by atoms with Gasteiger partial charge >= 0.3 is 0 Å². The maximum atomic E-state index is 14.9. The zero-order chi connectivity index (χ0) is 102. The molecule has 0 fully saturated rings. The number of aromatic nitrogens is 24. The first-order valence-corrected chi connectivity index (χ1v) is 46.9. The number of hydrogen-bond donors (Lipinski definition) is 8. The molecule has 23 aromatic rings. The van der Waals surface area contributed by atoms with Gasteiger partial charge in [0.2, 0.25) is 0 Å². The second-order valence-electron chi connectivity index (χ2n) is 32.7. The van der Waals surface area contributed by atoms with E-state index in [9.17, 15) is 70.3 Å². The van der Waals surface area contributed by atoms with E-state index in [1.807, 2.05) is 28.4 Å². The smallest absolute Gasteiger partial charge is 0.267 e. The summed E-state index contributed by atoms with van der Waals surface area (Å²) >= 11 is 5.28. The molecule has 16 aromatic heterocycles. The predicted octanol–water partition coefficient (Wildman–Crippen LogP) is 14.9. The topological polar surface area (TPSA) is 499 Å². The Balaban J connectivity index is 0.000000118. The van der Waals surface area contributed by atoms with Crippen molar-refractivity contribution in [3.8, 4) is 85.6 Å². The van der Waals surface area contributed by atoms with E-state index < -0.39 is 75.0 Å². The molecule has 36 nitrogen and oxygen atoms in total. The summed E-state index contributed by atoms with van der Waals surface area (Å²) in [5, 5.41) is 67.8. The largest absolute Gasteiger partial charge is 0.508 e. The number of nitrogens with zero attached hydrogens (tertiary/aromatic N) is 24. The third-order valence-electron chi connectivity index (χ3n) is 23.2. The Morgan fingerprint density at radius 2 is 0.662 bits per heavy atom. The Hall–Kier alpha value is -18.3. The molecular formula is C98H69F7N28O8S4. The lowest BCUT2D eigenvalue weighted by atomic mass is 10.1. The summed E-state index contributed by atoms with van der Waals surface area (Å²) in [5.41, 5.74) is 29.5. The average molecular weight is 2030 g/mol. The van der Waals surface area contributed by atoms with E-state index in [2.05, 4.69) is 82.1 Å². The Labute approximate surface area is 824 Å². The van der Waals surface area contributed by atoms with E-state index in [-0.39, 0.29) is 129 Å². The second-order valence-corrected chi connectivity index (χ2v) is 36.1. The first-order valence-electron chi connectivity index (χ1n) is 43.4. The van der Waals surface area contributed by atoms with Gasteiger partial charge in [-0.05, 0) is 181 Å². The monoisotopic (exact) mass is 2030 g/mol. The van der Waals surface area contributed by atoms with Crippen molar-refractivity contribution >= 4 is 154 Å². The number of para-hydroxylation sites is 4. The molecule has 12 N–H and O–H groups in total. The third-order valence-corrected chi connectivity index (χ3v) is 27.2. The third kappa shape index (κ3) is 17.4. The molecule has 0 aliphatic rings. The highest BCUT2D eigenvalue weighted by molar-refractivity contribution is 7.17. The number of anilines is 4. The number of aryl methyl sites for hydroxylation is 4. The number of rotatable bonds is 15. The number of halogens is 7. The Kier molecular flexibility index (Phi) is 24.8. The highest BCUT2D eigenvalue weighted by atomic mass is 32.1. The van der Waals surface area contributed by atoms with Crippen LogP contribution in [0.25, 0.3) is 142 Å². The number of aliphatic hydroxyl groups is 1. The fourth-order valence-electron chi connectivity index (χ4n) is 16.6. The molecule has 722 valence electrons. The van der Waals surface area contributed by atoms with Crippen LogP contribution >= 0.6 is 45.3 Å². The minimum absolute atomic E-state index is 0.0141. The van der Waals surface area contributed by atoms with Gasteiger partial charge in [0, 0.05) is 22.8 Å². The molecule has 0 aliphatic carbocycles. The highest BCUT2D eigenvalue weighted by Crippen LogP contribution is 2.39. The van der Waals surface area contributed by atoms with E-state index in [4.69, 9.17) is 32.9 Å². The molecule has 0 spiro atoms. The minimum atomic E-state index is -0.872. The van der Waals surface area contributed by atoms with Crippen molar-refractivity contribution in [2.75, 3.05) is 22.9 Å². The van der Waals surface area contributed by atoms with Crippen LogP contribution in [0.1, 0.15) is 58.2 Å². The van der Waals surface area contributed by atoms with Gasteiger partial charge in [-0.25, -0.2) is 109 Å². The minimum Gasteiger partial charge on any atom is -0.508 e. The summed E-state index contributed by atoms with van der Waals surface area (Å²) in [7, 11) is 0. The molecule has 0 bridgehead atoms. The summed E-state index contributed by atoms with van der Waals surface area (Å²) in [6.07, 6.45) is 4.21. The van der Waals surface area contributed by atoms with Crippen LogP contribution in [0.15, 0.2) is 218 Å². The van der Waals surface area contributed by atoms with Crippen molar-refractivity contribution < 1.29 is 51.2 Å². The van der Waals surface area contributed by atoms with E-state index in [0.717, 1.165) is 40.5 Å². The number of phenolic OH excluding ortho intramolecular Hbond substituents is 3. The van der Waals surface area contributed by atoms with Crippen LogP contribution in [0.3, 0.4) is 0 Å². The van der Waals surface area contributed by atoms with Gasteiger partial charge in [0.15, 0.2) is 45.7 Å². The standard InChI is InChI=1S/3C25H17F2N7O2S.C23H18FN7O2S/c1-12-10-37-24-19(12)25(36)34(17-5-3-2-4-16(17)27)18(31-24)9-33-23-20(22(28)29-11-30-23)21(32-33)13-6-14(26)8-15(35)7-13;1-12-10-37-24-19(12)25(36)34(16-5-3-2-4-14(16)26)18(31-24)9-33-23-20(22(28)29-11-30-23)21(32-33)13-6-7-17(35)15(27)8-13;1-12-10-37-24-19(12)25(36)34(16-5-3-2-4-14(16)26)18(31-24)9-33-23-20(22(28)29-11-30-23)21(32-33)13-6-7-15(27)17(35)8-13;1-12-10-34-22-18(12)23(33)31(16-6-4-3-5-14(16)24)17(28-22)9-30-21-19(20(25)26-11-27-21)15(29-30)8-7-13(2)32/h3*2-8,10-11,35H,9H2,1H3,(H2,28,29,30);3-6,10-11,13,32H,9H2,1-2H3,(H2,25,26,27)/t;;;13-/m...1/s1. The lowest BCUT2D eigenvalue weighted by Crippen LogP contribution is -2.26. The fraction of sp³-hybridized carbons (Fsp3) is 0.102. The predicted molar refractivity (Wildman–Crippen MR) is 535 cm³/mol. The van der Waals surface area contributed by atoms with Gasteiger partial charge < -0.3 is 43.4 Å². The number of thiophene rings is 4. The van der Waals surface area contributed by atoms with E-state index in [0.29, 0.717) is 102 Å². The van der Waals surface area contributed by atoms with Gasteiger partial charge in [-0.15, -0.1) is 45.3 Å². The molecular weight excluding hydrogens is 1960 g/mol. The van der Waals surface area contributed by atoms with Crippen LogP contribution in [-0.4, -0.2) is 144 Å². The summed E-state index contributed by atoms with van der Waals surface area (Å²) in [5.74, 6) is 0.916. The van der Waals surface area contributed by atoms with Gasteiger partial charge in [0.1, 0.15) is 181 Å². The van der Waals surface area contributed by atoms with E-state index >= 15 is 0 Å². The van der Waals surface area contributed by atoms with Gasteiger partial charge in [0.05, 0.1) is 65.8 Å². The molecule has 7 aromatic carbocycles. The number of fused-ring (bicyclic) bond motifs is 8. The Morgan fingerprint density at radius 1 is 0.345 bits per heavy atom. The van der Waals surface area contributed by atoms with Gasteiger partial charge in [-0.2, -0.15) is 20.4 Å². The van der Waals surface area contributed by atoms with Crippen molar-refractivity contribution in [3.63, 3.8) is 0 Å². The maximum absolute atomic E-state index is 14.9. The Bertz CT molecular complexity index is 9290. The molecule has 0 unspecified atom stereocenters. The first-order chi connectivity index (χ1) is 69.8. The van der Waals surface area contributed by atoms with Crippen molar-refractivity contribution in [1.82, 2.24) is 117 Å². The van der Waals surface area contributed by atoms with Crippen molar-refractivity contribution in [1.29, 1.82) is 0 Å². The number of aromatic hydroxyl groups is 3. The van der Waals surface area contributed by atoms with Crippen LogP contribution in [0.4, 0.5) is 54.0 Å². The Morgan fingerprint density at radius 3 is 0.993 bits per heavy atom. The molecule has 23 rings (SSSR count). The second kappa shape index (κ2) is 38.1. The lowest BCUT2D eigenvalue weighted by molar-refractivity contribution is 0.253. The number of benzene rings is 7. The van der Waals surface area contributed by atoms with Gasteiger partial charge in [-0.1, -0.05) is 54.5 Å². The van der Waals surface area contributed by atoms with Gasteiger partial charge in [-0.3, -0.25) is 37.4 Å². The molecule has 145 heavy (non-hydrogen) atoms. The first kappa shape index (κ1) is 94.3. The summed E-state index contributed by atoms with van der Waals surface area (Å²) in [6, 6.07) is 35.0. The van der Waals surface area contributed by atoms with Crippen LogP contribution in [0.2, 0.25) is 0 Å². The van der Waals surface area contributed by atoms with E-state index in [1.165, 1.54) is 218 Å². The number of nitrogen functional groups attached to an aromatic ring is 4. The fourth-order valence-corrected chi connectivity index (χ4v) is 20.3. The number of nitrogens with two attached hydrogens (primary N) is 4. The van der Waals surface area contributed by atoms with Crippen LogP contribution in [-0.2, 0) is 26.2 Å². The number of phenols is 3. The van der Waals surface area contributed by atoms with Crippen LogP contribution < -0.4 is 45.2 Å². The molecule has 1 atom stereocenters.